The lowest BCUT2D eigenvalue weighted by molar-refractivity contribution is -0.120. The number of amides is 1. The number of rotatable bonds is 5. The number of carbonyl (C=O) groups excluding carboxylic acids is 1. The van der Waals surface area contributed by atoms with Crippen molar-refractivity contribution in [2.45, 2.75) is 26.2 Å². The van der Waals surface area contributed by atoms with Crippen molar-refractivity contribution in [1.82, 2.24) is 5.32 Å². The molecular weight excluding hydrogens is 231 g/mol. The van der Waals surface area contributed by atoms with Crippen LogP contribution in [0.1, 0.15) is 25.3 Å². The van der Waals surface area contributed by atoms with Crippen molar-refractivity contribution in [2.75, 3.05) is 6.54 Å². The minimum Gasteiger partial charge on any atom is -0.356 e. The normalized spacial score (nSPS) is 10.4. The standard InChI is InChI=1S/C12H14F3NO/c1-2-3-6-16-10(17)7-8-4-5-9(13)12(15)11(8)14/h4-5H,2-3,6-7H2,1H3,(H,16,17). The summed E-state index contributed by atoms with van der Waals surface area (Å²) in [4.78, 5) is 11.3. The van der Waals surface area contributed by atoms with Crippen molar-refractivity contribution in [1.29, 1.82) is 0 Å². The molecule has 0 aliphatic rings. The topological polar surface area (TPSA) is 29.1 Å². The van der Waals surface area contributed by atoms with Crippen LogP contribution in [0.4, 0.5) is 13.2 Å². The molecule has 0 fully saturated rings. The number of carbonyl (C=O) groups is 1. The molecule has 1 aromatic carbocycles. The van der Waals surface area contributed by atoms with Gasteiger partial charge in [-0.1, -0.05) is 19.4 Å². The lowest BCUT2D eigenvalue weighted by atomic mass is 10.1. The van der Waals surface area contributed by atoms with E-state index < -0.39 is 23.4 Å². The smallest absolute Gasteiger partial charge is 0.224 e. The van der Waals surface area contributed by atoms with Gasteiger partial charge in [-0.2, -0.15) is 0 Å². The van der Waals surface area contributed by atoms with Crippen LogP contribution < -0.4 is 5.32 Å². The Morgan fingerprint density at radius 2 is 1.94 bits per heavy atom. The fourth-order valence-electron chi connectivity index (χ4n) is 1.34. The zero-order valence-electron chi connectivity index (χ0n) is 9.53. The number of unbranched alkanes of at least 4 members (excludes halogenated alkanes) is 1. The summed E-state index contributed by atoms with van der Waals surface area (Å²) in [6.07, 6.45) is 1.47. The summed E-state index contributed by atoms with van der Waals surface area (Å²) in [6.45, 7) is 2.47. The number of halogens is 3. The van der Waals surface area contributed by atoms with E-state index in [1.807, 2.05) is 6.92 Å². The molecule has 2 nitrogen and oxygen atoms in total. The third-order valence-corrected chi connectivity index (χ3v) is 2.32. The average molecular weight is 245 g/mol. The van der Waals surface area contributed by atoms with Crippen molar-refractivity contribution >= 4 is 5.91 Å². The number of hydrogen-bond acceptors (Lipinski definition) is 1. The molecule has 1 aromatic rings. The second-order valence-corrected chi connectivity index (χ2v) is 3.71. The summed E-state index contributed by atoms with van der Waals surface area (Å²) in [5, 5.41) is 2.57. The molecule has 17 heavy (non-hydrogen) atoms. The first-order valence-electron chi connectivity index (χ1n) is 5.45. The molecule has 0 radical (unpaired) electrons. The predicted molar refractivity (Wildman–Crippen MR) is 57.9 cm³/mol. The van der Waals surface area contributed by atoms with Crippen molar-refractivity contribution in [3.8, 4) is 0 Å². The van der Waals surface area contributed by atoms with Crippen LogP contribution in [-0.4, -0.2) is 12.5 Å². The Balaban J connectivity index is 2.63. The van der Waals surface area contributed by atoms with Gasteiger partial charge in [-0.3, -0.25) is 4.79 Å². The van der Waals surface area contributed by atoms with Gasteiger partial charge < -0.3 is 5.32 Å². The van der Waals surface area contributed by atoms with Gasteiger partial charge >= 0.3 is 0 Å². The van der Waals surface area contributed by atoms with Gasteiger partial charge in [0.1, 0.15) is 0 Å². The number of hydrogen-bond donors (Lipinski definition) is 1. The Morgan fingerprint density at radius 3 is 2.59 bits per heavy atom. The van der Waals surface area contributed by atoms with Crippen molar-refractivity contribution in [3.63, 3.8) is 0 Å². The van der Waals surface area contributed by atoms with Gasteiger partial charge in [0.25, 0.3) is 0 Å². The zero-order valence-corrected chi connectivity index (χ0v) is 9.53. The predicted octanol–water partition coefficient (Wildman–Crippen LogP) is 2.56. The van der Waals surface area contributed by atoms with Gasteiger partial charge in [0.05, 0.1) is 6.42 Å². The fraction of sp³-hybridized carbons (Fsp3) is 0.417. The van der Waals surface area contributed by atoms with Crippen LogP contribution in [-0.2, 0) is 11.2 Å². The molecule has 0 unspecified atom stereocenters. The SMILES string of the molecule is CCCCNC(=O)Cc1ccc(F)c(F)c1F. The third-order valence-electron chi connectivity index (χ3n) is 2.32. The van der Waals surface area contributed by atoms with Crippen molar-refractivity contribution in [3.05, 3.63) is 35.1 Å². The van der Waals surface area contributed by atoms with Crippen LogP contribution in [0.3, 0.4) is 0 Å². The molecule has 5 heteroatoms. The van der Waals surface area contributed by atoms with E-state index in [1.165, 1.54) is 0 Å². The molecule has 1 rings (SSSR count). The number of nitrogens with one attached hydrogen (secondary N) is 1. The average Bonchev–Trinajstić information content (AvgIpc) is 2.30. The molecule has 0 aromatic heterocycles. The Bertz CT molecular complexity index is 407. The monoisotopic (exact) mass is 245 g/mol. The Kier molecular flexibility index (Phi) is 5.00. The molecule has 0 aliphatic heterocycles. The molecule has 94 valence electrons. The second kappa shape index (κ2) is 6.27. The van der Waals surface area contributed by atoms with E-state index in [9.17, 15) is 18.0 Å². The molecule has 0 saturated carbocycles. The molecule has 0 heterocycles. The minimum atomic E-state index is -1.54. The summed E-state index contributed by atoms with van der Waals surface area (Å²) in [5.74, 6) is -4.49. The van der Waals surface area contributed by atoms with E-state index in [2.05, 4.69) is 5.32 Å². The summed E-state index contributed by atoms with van der Waals surface area (Å²) in [5.41, 5.74) is -0.141. The maximum absolute atomic E-state index is 13.2. The quantitative estimate of drug-likeness (QED) is 0.627. The molecule has 0 bridgehead atoms. The Morgan fingerprint density at radius 1 is 1.24 bits per heavy atom. The molecule has 0 saturated heterocycles. The first-order valence-corrected chi connectivity index (χ1v) is 5.45. The van der Waals surface area contributed by atoms with Crippen LogP contribution in [0.2, 0.25) is 0 Å². The molecule has 1 amide bonds. The highest BCUT2D eigenvalue weighted by Crippen LogP contribution is 2.15. The van der Waals surface area contributed by atoms with E-state index >= 15 is 0 Å². The lowest BCUT2D eigenvalue weighted by Crippen LogP contribution is -2.26. The molecule has 1 N–H and O–H groups in total. The van der Waals surface area contributed by atoms with Crippen LogP contribution in [0.25, 0.3) is 0 Å². The Labute approximate surface area is 97.8 Å². The minimum absolute atomic E-state index is 0.141. The zero-order chi connectivity index (χ0) is 12.8. The first kappa shape index (κ1) is 13.5. The highest BCUT2D eigenvalue weighted by molar-refractivity contribution is 5.78. The van der Waals surface area contributed by atoms with Crippen LogP contribution in [0.15, 0.2) is 12.1 Å². The molecule has 0 aliphatic carbocycles. The van der Waals surface area contributed by atoms with E-state index in [-0.39, 0.29) is 12.0 Å². The van der Waals surface area contributed by atoms with E-state index in [1.54, 1.807) is 0 Å². The third kappa shape index (κ3) is 3.76. The lowest BCUT2D eigenvalue weighted by Gasteiger charge is -2.06. The van der Waals surface area contributed by atoms with Gasteiger partial charge in [-0.05, 0) is 12.5 Å². The van der Waals surface area contributed by atoms with Gasteiger partial charge in [0.15, 0.2) is 17.5 Å². The highest BCUT2D eigenvalue weighted by Gasteiger charge is 2.15. The van der Waals surface area contributed by atoms with Gasteiger partial charge in [0.2, 0.25) is 5.91 Å². The first-order chi connectivity index (χ1) is 8.06. The highest BCUT2D eigenvalue weighted by atomic mass is 19.2. The summed E-state index contributed by atoms with van der Waals surface area (Å²) < 4.78 is 38.7. The molecule has 0 atom stereocenters. The maximum atomic E-state index is 13.2. The van der Waals surface area contributed by atoms with E-state index in [4.69, 9.17) is 0 Å². The summed E-state index contributed by atoms with van der Waals surface area (Å²) >= 11 is 0. The Hall–Kier alpha value is -1.52. The van der Waals surface area contributed by atoms with Crippen LogP contribution >= 0.6 is 0 Å². The maximum Gasteiger partial charge on any atom is 0.224 e. The van der Waals surface area contributed by atoms with Crippen LogP contribution in [0.5, 0.6) is 0 Å². The van der Waals surface area contributed by atoms with Crippen molar-refractivity contribution in [2.24, 2.45) is 0 Å². The second-order valence-electron chi connectivity index (χ2n) is 3.71. The summed E-state index contributed by atoms with van der Waals surface area (Å²) in [7, 11) is 0. The van der Waals surface area contributed by atoms with Gasteiger partial charge in [-0.15, -0.1) is 0 Å². The summed E-state index contributed by atoms with van der Waals surface area (Å²) in [6, 6.07) is 1.89. The van der Waals surface area contributed by atoms with Crippen molar-refractivity contribution < 1.29 is 18.0 Å². The fourth-order valence-corrected chi connectivity index (χ4v) is 1.34. The van der Waals surface area contributed by atoms with E-state index in [0.29, 0.717) is 6.54 Å². The number of benzene rings is 1. The molecule has 0 spiro atoms. The van der Waals surface area contributed by atoms with Crippen LogP contribution in [0, 0.1) is 17.5 Å². The van der Waals surface area contributed by atoms with E-state index in [0.717, 1.165) is 25.0 Å². The van der Waals surface area contributed by atoms with Gasteiger partial charge in [0, 0.05) is 12.1 Å². The largest absolute Gasteiger partial charge is 0.356 e. The van der Waals surface area contributed by atoms with Gasteiger partial charge in [-0.25, -0.2) is 13.2 Å². The molecular formula is C12H14F3NO.